The Labute approximate surface area is 112 Å². The highest BCUT2D eigenvalue weighted by Gasteiger charge is 2.36. The lowest BCUT2D eigenvalue weighted by Gasteiger charge is -2.16. The summed E-state index contributed by atoms with van der Waals surface area (Å²) in [6.07, 6.45) is 3.08. The zero-order chi connectivity index (χ0) is 13.8. The Kier molecular flexibility index (Phi) is 4.55. The molecule has 6 heteroatoms. The van der Waals surface area contributed by atoms with Crippen LogP contribution in [0, 0.1) is 0 Å². The molecule has 0 bridgehead atoms. The molecule has 0 spiro atoms. The topological polar surface area (TPSA) is 65.4 Å². The van der Waals surface area contributed by atoms with Crippen LogP contribution in [0.25, 0.3) is 0 Å². The SMILES string of the molecule is CCOC1C[C@H](n2ccc(NC)nc2=O)O[C@@H]1CC. The Balaban J connectivity index is 2.17. The van der Waals surface area contributed by atoms with Crippen LogP contribution in [-0.4, -0.2) is 35.4 Å². The molecule has 19 heavy (non-hydrogen) atoms. The van der Waals surface area contributed by atoms with Crippen LogP contribution >= 0.6 is 0 Å². The number of nitrogens with zero attached hydrogens (tertiary/aromatic N) is 2. The van der Waals surface area contributed by atoms with Crippen molar-refractivity contribution in [3.8, 4) is 0 Å². The molecule has 2 rings (SSSR count). The monoisotopic (exact) mass is 267 g/mol. The molecule has 6 nitrogen and oxygen atoms in total. The fourth-order valence-electron chi connectivity index (χ4n) is 2.39. The van der Waals surface area contributed by atoms with Crippen LogP contribution in [0.3, 0.4) is 0 Å². The van der Waals surface area contributed by atoms with Crippen molar-refractivity contribution in [2.24, 2.45) is 0 Å². The summed E-state index contributed by atoms with van der Waals surface area (Å²) in [4.78, 5) is 15.9. The summed E-state index contributed by atoms with van der Waals surface area (Å²) in [5.41, 5.74) is -0.302. The van der Waals surface area contributed by atoms with Crippen molar-refractivity contribution in [2.75, 3.05) is 19.0 Å². The van der Waals surface area contributed by atoms with Crippen molar-refractivity contribution in [1.82, 2.24) is 9.55 Å². The van der Waals surface area contributed by atoms with Crippen molar-refractivity contribution in [3.05, 3.63) is 22.7 Å². The average Bonchev–Trinajstić information content (AvgIpc) is 2.82. The minimum absolute atomic E-state index is 0.0424. The first kappa shape index (κ1) is 14.0. The van der Waals surface area contributed by atoms with E-state index < -0.39 is 0 Å². The Morgan fingerprint density at radius 2 is 2.37 bits per heavy atom. The van der Waals surface area contributed by atoms with Gasteiger partial charge in [0.2, 0.25) is 0 Å². The summed E-state index contributed by atoms with van der Waals surface area (Å²) in [5.74, 6) is 0.563. The van der Waals surface area contributed by atoms with Gasteiger partial charge in [-0.3, -0.25) is 4.57 Å². The van der Waals surface area contributed by atoms with E-state index in [1.165, 1.54) is 4.57 Å². The number of nitrogens with one attached hydrogen (secondary N) is 1. The van der Waals surface area contributed by atoms with Crippen LogP contribution in [0.1, 0.15) is 32.9 Å². The van der Waals surface area contributed by atoms with Crippen LogP contribution in [0.5, 0.6) is 0 Å². The standard InChI is InChI=1S/C13H21N3O3/c1-4-9-10(18-5-2)8-12(19-9)16-7-6-11(14-3)15-13(16)17/h6-7,9-10,12H,4-5,8H2,1-3H3,(H,14,15,17)/t9-,10?,12-/m1/s1. The summed E-state index contributed by atoms with van der Waals surface area (Å²) < 4.78 is 13.1. The van der Waals surface area contributed by atoms with Crippen LogP contribution < -0.4 is 11.0 Å². The molecule has 1 aliphatic heterocycles. The molecular formula is C13H21N3O3. The summed E-state index contributed by atoms with van der Waals surface area (Å²) in [6, 6.07) is 1.76. The van der Waals surface area contributed by atoms with Gasteiger partial charge in [0, 0.05) is 26.3 Å². The Hall–Kier alpha value is -1.40. The van der Waals surface area contributed by atoms with Crippen LogP contribution in [0.15, 0.2) is 17.1 Å². The molecule has 106 valence electrons. The van der Waals surface area contributed by atoms with E-state index >= 15 is 0 Å². The van der Waals surface area contributed by atoms with Gasteiger partial charge in [0.15, 0.2) is 0 Å². The van der Waals surface area contributed by atoms with Gasteiger partial charge >= 0.3 is 5.69 Å². The van der Waals surface area contributed by atoms with Crippen LogP contribution in [0.4, 0.5) is 5.82 Å². The fraction of sp³-hybridized carbons (Fsp3) is 0.692. The number of hydrogen-bond acceptors (Lipinski definition) is 5. The van der Waals surface area contributed by atoms with E-state index in [0.29, 0.717) is 18.8 Å². The summed E-state index contributed by atoms with van der Waals surface area (Å²) >= 11 is 0. The Bertz CT molecular complexity index is 474. The van der Waals surface area contributed by atoms with Gasteiger partial charge in [-0.1, -0.05) is 6.92 Å². The predicted molar refractivity (Wildman–Crippen MR) is 72.3 cm³/mol. The molecule has 0 aliphatic carbocycles. The largest absolute Gasteiger partial charge is 0.376 e. The highest BCUT2D eigenvalue weighted by atomic mass is 16.6. The second-order valence-electron chi connectivity index (χ2n) is 4.52. The molecule has 0 saturated carbocycles. The molecule has 0 aromatic carbocycles. The van der Waals surface area contributed by atoms with Crippen LogP contribution in [0.2, 0.25) is 0 Å². The molecule has 3 atom stereocenters. The van der Waals surface area contributed by atoms with Gasteiger partial charge < -0.3 is 14.8 Å². The highest BCUT2D eigenvalue weighted by molar-refractivity contribution is 5.30. The fourth-order valence-corrected chi connectivity index (χ4v) is 2.39. The normalized spacial score (nSPS) is 26.6. The highest BCUT2D eigenvalue weighted by Crippen LogP contribution is 2.31. The van der Waals surface area contributed by atoms with Crippen LogP contribution in [-0.2, 0) is 9.47 Å². The van der Waals surface area contributed by atoms with Gasteiger partial charge in [-0.05, 0) is 19.4 Å². The minimum Gasteiger partial charge on any atom is -0.376 e. The second kappa shape index (κ2) is 6.16. The van der Waals surface area contributed by atoms with Crippen molar-refractivity contribution in [3.63, 3.8) is 0 Å². The molecular weight excluding hydrogens is 246 g/mol. The minimum atomic E-state index is -0.302. The third-order valence-corrected chi connectivity index (χ3v) is 3.36. The lowest BCUT2D eigenvalue weighted by atomic mass is 10.1. The van der Waals surface area contributed by atoms with E-state index in [2.05, 4.69) is 17.2 Å². The van der Waals surface area contributed by atoms with E-state index in [1.807, 2.05) is 6.92 Å². The van der Waals surface area contributed by atoms with Crippen molar-refractivity contribution < 1.29 is 9.47 Å². The number of anilines is 1. The number of aromatic nitrogens is 2. The summed E-state index contributed by atoms with van der Waals surface area (Å²) in [6.45, 7) is 4.68. The number of rotatable bonds is 5. The smallest absolute Gasteiger partial charge is 0.351 e. The number of hydrogen-bond donors (Lipinski definition) is 1. The summed E-state index contributed by atoms with van der Waals surface area (Å²) in [7, 11) is 1.73. The maximum atomic E-state index is 11.9. The van der Waals surface area contributed by atoms with Gasteiger partial charge in [0.1, 0.15) is 12.0 Å². The number of ether oxygens (including phenoxy) is 2. The first-order valence-corrected chi connectivity index (χ1v) is 6.73. The molecule has 0 amide bonds. The maximum Gasteiger partial charge on any atom is 0.351 e. The van der Waals surface area contributed by atoms with Gasteiger partial charge in [0.25, 0.3) is 0 Å². The lowest BCUT2D eigenvalue weighted by molar-refractivity contribution is -0.0381. The van der Waals surface area contributed by atoms with E-state index in [4.69, 9.17) is 9.47 Å². The third-order valence-electron chi connectivity index (χ3n) is 3.36. The quantitative estimate of drug-likeness (QED) is 0.873. The molecule has 1 aromatic heterocycles. The van der Waals surface area contributed by atoms with E-state index in [-0.39, 0.29) is 24.1 Å². The van der Waals surface area contributed by atoms with Crippen molar-refractivity contribution >= 4 is 5.82 Å². The first-order valence-electron chi connectivity index (χ1n) is 6.73. The van der Waals surface area contributed by atoms with Gasteiger partial charge in [0.05, 0.1) is 12.2 Å². The average molecular weight is 267 g/mol. The zero-order valence-electron chi connectivity index (χ0n) is 11.6. The summed E-state index contributed by atoms with van der Waals surface area (Å²) in [5, 5.41) is 2.84. The van der Waals surface area contributed by atoms with Gasteiger partial charge in [-0.2, -0.15) is 4.98 Å². The molecule has 1 saturated heterocycles. The van der Waals surface area contributed by atoms with Crippen molar-refractivity contribution in [1.29, 1.82) is 0 Å². The van der Waals surface area contributed by atoms with Gasteiger partial charge in [-0.15, -0.1) is 0 Å². The molecule has 1 N–H and O–H groups in total. The van der Waals surface area contributed by atoms with E-state index in [0.717, 1.165) is 6.42 Å². The second-order valence-corrected chi connectivity index (χ2v) is 4.52. The van der Waals surface area contributed by atoms with E-state index in [1.54, 1.807) is 19.3 Å². The first-order chi connectivity index (χ1) is 9.19. The van der Waals surface area contributed by atoms with Gasteiger partial charge in [-0.25, -0.2) is 4.79 Å². The Morgan fingerprint density at radius 3 is 2.95 bits per heavy atom. The molecule has 2 heterocycles. The molecule has 0 radical (unpaired) electrons. The predicted octanol–water partition coefficient (Wildman–Crippen LogP) is 1.39. The molecule has 1 fully saturated rings. The van der Waals surface area contributed by atoms with Crippen molar-refractivity contribution in [2.45, 2.75) is 45.1 Å². The maximum absolute atomic E-state index is 11.9. The third kappa shape index (κ3) is 2.96. The zero-order valence-corrected chi connectivity index (χ0v) is 11.6. The lowest BCUT2D eigenvalue weighted by Crippen LogP contribution is -2.27. The Morgan fingerprint density at radius 1 is 1.58 bits per heavy atom. The molecule has 1 aliphatic rings. The van der Waals surface area contributed by atoms with E-state index in [9.17, 15) is 4.79 Å². The molecule has 1 aromatic rings. The molecule has 1 unspecified atom stereocenters.